The van der Waals surface area contributed by atoms with Gasteiger partial charge in [0.05, 0.1) is 0 Å². The van der Waals surface area contributed by atoms with Crippen LogP contribution in [0.5, 0.6) is 0 Å². The monoisotopic (exact) mass is 285 g/mol. The van der Waals surface area contributed by atoms with Crippen molar-refractivity contribution >= 4 is 11.3 Å². The average Bonchev–Trinajstić information content (AvgIpc) is 2.96. The molecule has 0 radical (unpaired) electrons. The van der Waals surface area contributed by atoms with Crippen molar-refractivity contribution in [3.05, 3.63) is 57.3 Å². The zero-order chi connectivity index (χ0) is 13.9. The van der Waals surface area contributed by atoms with Gasteiger partial charge >= 0.3 is 0 Å². The van der Waals surface area contributed by atoms with E-state index in [-0.39, 0.29) is 0 Å². The molecule has 20 heavy (non-hydrogen) atoms. The lowest BCUT2D eigenvalue weighted by atomic mass is 9.80. The molecule has 1 N–H and O–H groups in total. The molecule has 2 atom stereocenters. The lowest BCUT2D eigenvalue weighted by Crippen LogP contribution is -2.33. The molecule has 2 heterocycles. The summed E-state index contributed by atoms with van der Waals surface area (Å²) in [4.78, 5) is 3.09. The lowest BCUT2D eigenvalue weighted by molar-refractivity contribution is 0.408. The Morgan fingerprint density at radius 3 is 2.85 bits per heavy atom. The van der Waals surface area contributed by atoms with E-state index in [9.17, 15) is 0 Å². The number of hydrogen-bond donors (Lipinski definition) is 1. The molecule has 2 aromatic rings. The van der Waals surface area contributed by atoms with Crippen molar-refractivity contribution in [3.8, 4) is 0 Å². The summed E-state index contributed by atoms with van der Waals surface area (Å²) in [7, 11) is 0. The number of hydrogen-bond acceptors (Lipinski definition) is 2. The molecule has 0 aliphatic carbocycles. The Hall–Kier alpha value is -1.12. The second-order valence-corrected chi connectivity index (χ2v) is 6.98. The van der Waals surface area contributed by atoms with E-state index < -0.39 is 0 Å². The van der Waals surface area contributed by atoms with E-state index in [1.807, 2.05) is 11.3 Å². The first-order valence-corrected chi connectivity index (χ1v) is 8.45. The van der Waals surface area contributed by atoms with Gasteiger partial charge in [-0.05, 0) is 44.0 Å². The van der Waals surface area contributed by atoms with Gasteiger partial charge in [0.25, 0.3) is 0 Å². The first-order valence-electron chi connectivity index (χ1n) is 7.64. The summed E-state index contributed by atoms with van der Waals surface area (Å²) in [5, 5.41) is 3.58. The molecule has 2 unspecified atom stereocenters. The van der Waals surface area contributed by atoms with Gasteiger partial charge in [0.15, 0.2) is 0 Å². The molecule has 0 bridgehead atoms. The van der Waals surface area contributed by atoms with Gasteiger partial charge in [-0.3, -0.25) is 0 Å². The molecular formula is C18H23NS. The third kappa shape index (κ3) is 2.82. The van der Waals surface area contributed by atoms with Gasteiger partial charge in [-0.1, -0.05) is 36.8 Å². The van der Waals surface area contributed by atoms with Crippen molar-refractivity contribution in [1.82, 2.24) is 5.32 Å². The Balaban J connectivity index is 1.90. The molecule has 0 amide bonds. The van der Waals surface area contributed by atoms with Crippen molar-refractivity contribution in [1.29, 1.82) is 0 Å². The Labute approximate surface area is 126 Å². The van der Waals surface area contributed by atoms with Crippen LogP contribution in [-0.4, -0.2) is 13.1 Å². The van der Waals surface area contributed by atoms with Gasteiger partial charge in [-0.15, -0.1) is 11.3 Å². The van der Waals surface area contributed by atoms with E-state index in [4.69, 9.17) is 0 Å². The van der Waals surface area contributed by atoms with Gasteiger partial charge in [0, 0.05) is 28.1 Å². The summed E-state index contributed by atoms with van der Waals surface area (Å²) in [6.07, 6.45) is 2.41. The van der Waals surface area contributed by atoms with Crippen LogP contribution in [0.3, 0.4) is 0 Å². The third-order valence-electron chi connectivity index (χ3n) is 4.35. The van der Waals surface area contributed by atoms with Gasteiger partial charge < -0.3 is 5.32 Å². The summed E-state index contributed by atoms with van der Waals surface area (Å²) in [6.45, 7) is 6.69. The lowest BCUT2D eigenvalue weighted by Gasteiger charge is -2.32. The SMILES string of the molecule is CCc1ccc(C2CCNCC2c2cccc(C)c2)s1. The molecule has 2 heteroatoms. The highest BCUT2D eigenvalue weighted by atomic mass is 32.1. The fourth-order valence-corrected chi connectivity index (χ4v) is 4.39. The van der Waals surface area contributed by atoms with Crippen molar-refractivity contribution < 1.29 is 0 Å². The molecule has 1 nitrogen and oxygen atoms in total. The van der Waals surface area contributed by atoms with Crippen LogP contribution in [0.1, 0.15) is 46.1 Å². The highest BCUT2D eigenvalue weighted by molar-refractivity contribution is 7.12. The summed E-state index contributed by atoms with van der Waals surface area (Å²) in [6, 6.07) is 13.7. The predicted molar refractivity (Wildman–Crippen MR) is 87.8 cm³/mol. The molecule has 0 saturated carbocycles. The fraction of sp³-hybridized carbons (Fsp3) is 0.444. The number of benzene rings is 1. The average molecular weight is 285 g/mol. The maximum absolute atomic E-state index is 3.58. The van der Waals surface area contributed by atoms with Crippen LogP contribution in [0, 0.1) is 6.92 Å². The minimum atomic E-state index is 0.618. The zero-order valence-corrected chi connectivity index (χ0v) is 13.2. The standard InChI is InChI=1S/C18H23NS/c1-3-15-7-8-18(20-15)16-9-10-19-12-17(16)14-6-4-5-13(2)11-14/h4-8,11,16-17,19H,3,9-10,12H2,1-2H3. The van der Waals surface area contributed by atoms with Crippen LogP contribution >= 0.6 is 11.3 Å². The van der Waals surface area contributed by atoms with E-state index in [2.05, 4.69) is 55.6 Å². The highest BCUT2D eigenvalue weighted by Gasteiger charge is 2.28. The van der Waals surface area contributed by atoms with Crippen LogP contribution in [0.15, 0.2) is 36.4 Å². The molecule has 0 spiro atoms. The number of aryl methyl sites for hydroxylation is 2. The number of thiophene rings is 1. The highest BCUT2D eigenvalue weighted by Crippen LogP contribution is 2.40. The third-order valence-corrected chi connectivity index (χ3v) is 5.71. The van der Waals surface area contributed by atoms with E-state index in [1.54, 1.807) is 4.88 Å². The maximum Gasteiger partial charge on any atom is 0.00862 e. The Kier molecular flexibility index (Phi) is 4.23. The smallest absolute Gasteiger partial charge is 0.00862 e. The molecular weight excluding hydrogens is 262 g/mol. The first-order chi connectivity index (χ1) is 9.78. The minimum Gasteiger partial charge on any atom is -0.316 e. The first kappa shape index (κ1) is 13.8. The van der Waals surface area contributed by atoms with Crippen molar-refractivity contribution in [2.75, 3.05) is 13.1 Å². The second-order valence-electron chi connectivity index (χ2n) is 5.78. The number of nitrogens with one attached hydrogen (secondary N) is 1. The Bertz CT molecular complexity index is 572. The quantitative estimate of drug-likeness (QED) is 0.876. The molecule has 1 saturated heterocycles. The van der Waals surface area contributed by atoms with Crippen LogP contribution in [-0.2, 0) is 6.42 Å². The van der Waals surface area contributed by atoms with E-state index in [0.717, 1.165) is 19.5 Å². The van der Waals surface area contributed by atoms with E-state index in [0.29, 0.717) is 11.8 Å². The van der Waals surface area contributed by atoms with Gasteiger partial charge in [0.2, 0.25) is 0 Å². The van der Waals surface area contributed by atoms with E-state index >= 15 is 0 Å². The topological polar surface area (TPSA) is 12.0 Å². The summed E-state index contributed by atoms with van der Waals surface area (Å²) in [5.41, 5.74) is 2.86. The van der Waals surface area contributed by atoms with Crippen molar-refractivity contribution in [2.24, 2.45) is 0 Å². The molecule has 1 aliphatic rings. The fourth-order valence-electron chi connectivity index (χ4n) is 3.23. The van der Waals surface area contributed by atoms with Gasteiger partial charge in [-0.25, -0.2) is 0 Å². The summed E-state index contributed by atoms with van der Waals surface area (Å²) < 4.78 is 0. The van der Waals surface area contributed by atoms with Crippen molar-refractivity contribution in [2.45, 2.75) is 38.5 Å². The van der Waals surface area contributed by atoms with Crippen LogP contribution in [0.2, 0.25) is 0 Å². The van der Waals surface area contributed by atoms with Crippen LogP contribution in [0.4, 0.5) is 0 Å². The molecule has 1 aromatic carbocycles. The minimum absolute atomic E-state index is 0.618. The molecule has 106 valence electrons. The summed E-state index contributed by atoms with van der Waals surface area (Å²) in [5.74, 6) is 1.30. The molecule has 1 fully saturated rings. The van der Waals surface area contributed by atoms with Crippen LogP contribution in [0.25, 0.3) is 0 Å². The zero-order valence-electron chi connectivity index (χ0n) is 12.4. The van der Waals surface area contributed by atoms with Crippen LogP contribution < -0.4 is 5.32 Å². The van der Waals surface area contributed by atoms with E-state index in [1.165, 1.54) is 22.4 Å². The molecule has 3 rings (SSSR count). The van der Waals surface area contributed by atoms with Crippen molar-refractivity contribution in [3.63, 3.8) is 0 Å². The molecule has 1 aromatic heterocycles. The summed E-state index contributed by atoms with van der Waals surface area (Å²) >= 11 is 2.01. The van der Waals surface area contributed by atoms with Gasteiger partial charge in [-0.2, -0.15) is 0 Å². The normalized spacial score (nSPS) is 22.9. The molecule has 1 aliphatic heterocycles. The Morgan fingerprint density at radius 1 is 1.20 bits per heavy atom. The second kappa shape index (κ2) is 6.11. The maximum atomic E-state index is 3.58. The predicted octanol–water partition coefficient (Wildman–Crippen LogP) is 4.48. The van der Waals surface area contributed by atoms with Gasteiger partial charge in [0.1, 0.15) is 0 Å². The largest absolute Gasteiger partial charge is 0.316 e. The number of rotatable bonds is 3. The Morgan fingerprint density at radius 2 is 2.10 bits per heavy atom. The number of piperidine rings is 1.